The van der Waals surface area contributed by atoms with Gasteiger partial charge in [0, 0.05) is 24.8 Å². The molecule has 0 aliphatic carbocycles. The van der Waals surface area contributed by atoms with Crippen LogP contribution in [-0.4, -0.2) is 44.3 Å². The van der Waals surface area contributed by atoms with Crippen LogP contribution in [0.25, 0.3) is 11.0 Å². The monoisotopic (exact) mass is 284 g/mol. The average molecular weight is 284 g/mol. The first-order valence-electron chi connectivity index (χ1n) is 7.21. The molecule has 1 fully saturated rings. The van der Waals surface area contributed by atoms with E-state index in [0.29, 0.717) is 11.9 Å². The number of likely N-dealkylation sites (tertiary alicyclic amines) is 1. The Hall–Kier alpha value is -2.37. The zero-order valence-electron chi connectivity index (χ0n) is 12.1. The first-order chi connectivity index (χ1) is 10.2. The standard InChI is InChI=1S/C15H20N6/c1-3-13(16)21-8-11(5-4-10(21)2)20-15-12-6-7-17-14(12)18-9-19-15/h3,6-7,9-11,16H,1,4-5,8H2,2H3,(H2,17,18,19,20). The third-order valence-corrected chi connectivity index (χ3v) is 4.08. The molecular weight excluding hydrogens is 264 g/mol. The van der Waals surface area contributed by atoms with Gasteiger partial charge in [0.25, 0.3) is 0 Å². The van der Waals surface area contributed by atoms with Crippen molar-refractivity contribution in [2.45, 2.75) is 31.8 Å². The number of nitrogens with zero attached hydrogens (tertiary/aromatic N) is 3. The normalized spacial score (nSPS) is 22.2. The molecule has 0 spiro atoms. The number of nitrogens with one attached hydrogen (secondary N) is 3. The van der Waals surface area contributed by atoms with E-state index >= 15 is 0 Å². The van der Waals surface area contributed by atoms with Crippen LogP contribution in [0.2, 0.25) is 0 Å². The average Bonchev–Trinajstić information content (AvgIpc) is 2.98. The van der Waals surface area contributed by atoms with Gasteiger partial charge in [-0.1, -0.05) is 6.58 Å². The fraction of sp³-hybridized carbons (Fsp3) is 0.400. The molecule has 0 saturated carbocycles. The zero-order valence-corrected chi connectivity index (χ0v) is 12.1. The zero-order chi connectivity index (χ0) is 14.8. The molecule has 0 radical (unpaired) electrons. The Morgan fingerprint density at radius 1 is 1.52 bits per heavy atom. The number of anilines is 1. The summed E-state index contributed by atoms with van der Waals surface area (Å²) in [6, 6.07) is 2.63. The van der Waals surface area contributed by atoms with Gasteiger partial charge in [0.2, 0.25) is 0 Å². The molecule has 3 heterocycles. The van der Waals surface area contributed by atoms with E-state index in [1.54, 1.807) is 12.4 Å². The van der Waals surface area contributed by atoms with Crippen LogP contribution in [-0.2, 0) is 0 Å². The van der Waals surface area contributed by atoms with Crippen molar-refractivity contribution in [3.63, 3.8) is 0 Å². The number of aromatic amines is 1. The van der Waals surface area contributed by atoms with Crippen LogP contribution in [0.5, 0.6) is 0 Å². The number of H-pyrrole nitrogens is 1. The fourth-order valence-corrected chi connectivity index (χ4v) is 2.86. The van der Waals surface area contributed by atoms with Crippen LogP contribution in [0.4, 0.5) is 5.82 Å². The number of fused-ring (bicyclic) bond motifs is 1. The SMILES string of the molecule is C=CC(=N)N1CC(Nc2ncnc3[nH]ccc23)CCC1C. The van der Waals surface area contributed by atoms with Crippen LogP contribution in [0, 0.1) is 5.41 Å². The molecule has 2 aromatic rings. The highest BCUT2D eigenvalue weighted by molar-refractivity contribution is 5.90. The van der Waals surface area contributed by atoms with E-state index in [4.69, 9.17) is 5.41 Å². The van der Waals surface area contributed by atoms with Gasteiger partial charge in [-0.25, -0.2) is 9.97 Å². The summed E-state index contributed by atoms with van der Waals surface area (Å²) in [7, 11) is 0. The van der Waals surface area contributed by atoms with Crippen molar-refractivity contribution in [1.82, 2.24) is 19.9 Å². The summed E-state index contributed by atoms with van der Waals surface area (Å²) < 4.78 is 0. The minimum atomic E-state index is 0.273. The van der Waals surface area contributed by atoms with Gasteiger partial charge >= 0.3 is 0 Å². The van der Waals surface area contributed by atoms with Gasteiger partial charge < -0.3 is 15.2 Å². The molecule has 110 valence electrons. The molecular formula is C15H20N6. The van der Waals surface area contributed by atoms with Crippen molar-refractivity contribution in [1.29, 1.82) is 5.41 Å². The Morgan fingerprint density at radius 2 is 2.38 bits per heavy atom. The van der Waals surface area contributed by atoms with Gasteiger partial charge in [-0.15, -0.1) is 0 Å². The lowest BCUT2D eigenvalue weighted by molar-refractivity contribution is 0.243. The van der Waals surface area contributed by atoms with Gasteiger partial charge in [0.15, 0.2) is 0 Å². The molecule has 3 rings (SSSR count). The summed E-state index contributed by atoms with van der Waals surface area (Å²) in [5.41, 5.74) is 0.840. The van der Waals surface area contributed by atoms with Gasteiger partial charge in [0.1, 0.15) is 23.6 Å². The Bertz CT molecular complexity index is 661. The highest BCUT2D eigenvalue weighted by atomic mass is 15.2. The molecule has 0 aromatic carbocycles. The maximum absolute atomic E-state index is 7.99. The fourth-order valence-electron chi connectivity index (χ4n) is 2.86. The molecule has 2 atom stereocenters. The quantitative estimate of drug-likeness (QED) is 0.597. The molecule has 1 saturated heterocycles. The van der Waals surface area contributed by atoms with Crippen LogP contribution in [0.1, 0.15) is 19.8 Å². The summed E-state index contributed by atoms with van der Waals surface area (Å²) in [5, 5.41) is 12.5. The first-order valence-corrected chi connectivity index (χ1v) is 7.21. The third kappa shape index (κ3) is 2.61. The van der Waals surface area contributed by atoms with Gasteiger partial charge in [-0.2, -0.15) is 0 Å². The van der Waals surface area contributed by atoms with Crippen molar-refractivity contribution < 1.29 is 0 Å². The smallest absolute Gasteiger partial charge is 0.142 e. The van der Waals surface area contributed by atoms with Crippen molar-refractivity contribution in [2.24, 2.45) is 0 Å². The van der Waals surface area contributed by atoms with E-state index in [-0.39, 0.29) is 6.04 Å². The maximum atomic E-state index is 7.99. The van der Waals surface area contributed by atoms with Crippen LogP contribution in [0.3, 0.4) is 0 Å². The lowest BCUT2D eigenvalue weighted by Crippen LogP contribution is -2.49. The molecule has 1 aliphatic rings. The highest BCUT2D eigenvalue weighted by Gasteiger charge is 2.26. The molecule has 3 N–H and O–H groups in total. The van der Waals surface area contributed by atoms with Gasteiger partial charge in [-0.05, 0) is 31.9 Å². The van der Waals surface area contributed by atoms with Crippen molar-refractivity contribution in [3.05, 3.63) is 31.2 Å². The molecule has 1 aliphatic heterocycles. The second kappa shape index (κ2) is 5.55. The molecule has 2 aromatic heterocycles. The lowest BCUT2D eigenvalue weighted by atomic mass is 9.99. The Kier molecular flexibility index (Phi) is 3.60. The van der Waals surface area contributed by atoms with E-state index in [1.807, 2.05) is 12.3 Å². The van der Waals surface area contributed by atoms with E-state index < -0.39 is 0 Å². The molecule has 0 amide bonds. The van der Waals surface area contributed by atoms with Crippen molar-refractivity contribution in [2.75, 3.05) is 11.9 Å². The minimum Gasteiger partial charge on any atom is -0.365 e. The molecule has 0 bridgehead atoms. The number of rotatable bonds is 3. The van der Waals surface area contributed by atoms with Crippen molar-refractivity contribution >= 4 is 22.7 Å². The number of amidine groups is 1. The van der Waals surface area contributed by atoms with Gasteiger partial charge in [0.05, 0.1) is 5.39 Å². The van der Waals surface area contributed by atoms with Crippen LogP contribution < -0.4 is 5.32 Å². The van der Waals surface area contributed by atoms with Crippen LogP contribution >= 0.6 is 0 Å². The molecule has 6 nitrogen and oxygen atoms in total. The van der Waals surface area contributed by atoms with Crippen LogP contribution in [0.15, 0.2) is 31.2 Å². The summed E-state index contributed by atoms with van der Waals surface area (Å²) in [6.45, 7) is 6.65. The number of piperidine rings is 1. The van der Waals surface area contributed by atoms with E-state index in [1.165, 1.54) is 0 Å². The van der Waals surface area contributed by atoms with E-state index in [9.17, 15) is 0 Å². The lowest BCUT2D eigenvalue weighted by Gasteiger charge is -2.39. The second-order valence-electron chi connectivity index (χ2n) is 5.47. The predicted octanol–water partition coefficient (Wildman–Crippen LogP) is 2.39. The largest absolute Gasteiger partial charge is 0.365 e. The number of aromatic nitrogens is 3. The Labute approximate surface area is 123 Å². The summed E-state index contributed by atoms with van der Waals surface area (Å²) in [6.07, 6.45) is 7.16. The van der Waals surface area contributed by atoms with Gasteiger partial charge in [-0.3, -0.25) is 5.41 Å². The summed E-state index contributed by atoms with van der Waals surface area (Å²) >= 11 is 0. The topological polar surface area (TPSA) is 80.7 Å². The molecule has 2 unspecified atom stereocenters. The first kappa shape index (κ1) is 13.6. The summed E-state index contributed by atoms with van der Waals surface area (Å²) in [5.74, 6) is 1.34. The third-order valence-electron chi connectivity index (χ3n) is 4.08. The highest BCUT2D eigenvalue weighted by Crippen LogP contribution is 2.23. The Balaban J connectivity index is 1.77. The maximum Gasteiger partial charge on any atom is 0.142 e. The minimum absolute atomic E-state index is 0.273. The van der Waals surface area contributed by atoms with E-state index in [2.05, 4.69) is 38.7 Å². The predicted molar refractivity (Wildman–Crippen MR) is 84.6 cm³/mol. The molecule has 21 heavy (non-hydrogen) atoms. The number of hydrogen-bond donors (Lipinski definition) is 3. The van der Waals surface area contributed by atoms with Crippen molar-refractivity contribution in [3.8, 4) is 0 Å². The molecule has 6 heteroatoms. The second-order valence-corrected chi connectivity index (χ2v) is 5.47. The number of hydrogen-bond acceptors (Lipinski definition) is 4. The summed E-state index contributed by atoms with van der Waals surface area (Å²) in [4.78, 5) is 13.7. The Morgan fingerprint density at radius 3 is 3.19 bits per heavy atom. The van der Waals surface area contributed by atoms with E-state index in [0.717, 1.165) is 36.2 Å².